The molecule has 1 atom stereocenters. The fraction of sp³-hybridized carbons (Fsp3) is 0.217. The first kappa shape index (κ1) is 21.9. The Morgan fingerprint density at radius 3 is 2.33 bits per heavy atom. The second-order valence-corrected chi connectivity index (χ2v) is 7.85. The van der Waals surface area contributed by atoms with E-state index >= 15 is 0 Å². The highest BCUT2D eigenvalue weighted by molar-refractivity contribution is 6.39. The maximum Gasteiger partial charge on any atom is 0.244 e. The molecule has 3 rings (SSSR count). The predicted octanol–water partition coefficient (Wildman–Crippen LogP) is 5.36. The Morgan fingerprint density at radius 2 is 1.67 bits per heavy atom. The third kappa shape index (κ3) is 4.86. The number of fused-ring (bicyclic) bond motifs is 1. The second kappa shape index (κ2) is 9.37. The average molecular weight is 445 g/mol. The van der Waals surface area contributed by atoms with E-state index in [2.05, 4.69) is 5.32 Å². The van der Waals surface area contributed by atoms with Crippen LogP contribution in [0.25, 0.3) is 10.8 Å². The minimum absolute atomic E-state index is 0.116. The molecule has 0 heterocycles. The highest BCUT2D eigenvalue weighted by atomic mass is 35.5. The Bertz CT molecular complexity index is 1080. The van der Waals surface area contributed by atoms with E-state index in [1.54, 1.807) is 32.4 Å². The van der Waals surface area contributed by atoms with Crippen molar-refractivity contribution in [2.75, 3.05) is 26.0 Å². The standard InChI is InChI=1S/C23H22Cl2N2O3/c1-14(15-7-8-17-12-18(30-3)10-9-16(17)11-15)23(29)27(2)13-21(28)26-22-19(24)5-4-6-20(22)25/h4-12,14H,13H2,1-3H3,(H,26,28)/t14-/m1/s1. The van der Waals surface area contributed by atoms with Gasteiger partial charge in [-0.05, 0) is 47.5 Å². The first-order valence-electron chi connectivity index (χ1n) is 9.36. The van der Waals surface area contributed by atoms with Crippen LogP contribution in [0.4, 0.5) is 5.69 Å². The lowest BCUT2D eigenvalue weighted by molar-refractivity contribution is -0.134. The van der Waals surface area contributed by atoms with Gasteiger partial charge >= 0.3 is 0 Å². The molecule has 2 amide bonds. The summed E-state index contributed by atoms with van der Waals surface area (Å²) < 4.78 is 5.25. The van der Waals surface area contributed by atoms with E-state index in [1.165, 1.54) is 4.90 Å². The van der Waals surface area contributed by atoms with Gasteiger partial charge in [0, 0.05) is 7.05 Å². The minimum atomic E-state index is -0.404. The van der Waals surface area contributed by atoms with Gasteiger partial charge in [-0.1, -0.05) is 53.5 Å². The molecular weight excluding hydrogens is 423 g/mol. The van der Waals surface area contributed by atoms with E-state index in [0.717, 1.165) is 22.1 Å². The van der Waals surface area contributed by atoms with E-state index in [0.29, 0.717) is 15.7 Å². The van der Waals surface area contributed by atoms with Crippen molar-refractivity contribution in [1.82, 2.24) is 4.90 Å². The van der Waals surface area contributed by atoms with Gasteiger partial charge in [-0.3, -0.25) is 9.59 Å². The number of halogens is 2. The SMILES string of the molecule is COc1ccc2cc([C@@H](C)C(=O)N(C)CC(=O)Nc3c(Cl)cccc3Cl)ccc2c1. The number of likely N-dealkylation sites (N-methyl/N-ethyl adjacent to an activating group) is 1. The van der Waals surface area contributed by atoms with Crippen LogP contribution in [0.1, 0.15) is 18.4 Å². The zero-order valence-electron chi connectivity index (χ0n) is 16.9. The monoisotopic (exact) mass is 444 g/mol. The van der Waals surface area contributed by atoms with Crippen LogP contribution >= 0.6 is 23.2 Å². The molecule has 156 valence electrons. The van der Waals surface area contributed by atoms with Crippen LogP contribution in [-0.2, 0) is 9.59 Å². The molecule has 7 heteroatoms. The fourth-order valence-electron chi connectivity index (χ4n) is 3.20. The number of nitrogens with zero attached hydrogens (tertiary/aromatic N) is 1. The van der Waals surface area contributed by atoms with Gasteiger partial charge in [0.15, 0.2) is 0 Å². The second-order valence-electron chi connectivity index (χ2n) is 7.03. The number of methoxy groups -OCH3 is 1. The lowest BCUT2D eigenvalue weighted by Gasteiger charge is -2.22. The molecule has 0 fully saturated rings. The van der Waals surface area contributed by atoms with Gasteiger partial charge in [0.1, 0.15) is 5.75 Å². The zero-order chi connectivity index (χ0) is 21.8. The van der Waals surface area contributed by atoms with Crippen LogP contribution in [0.3, 0.4) is 0 Å². The number of rotatable bonds is 6. The van der Waals surface area contributed by atoms with E-state index in [4.69, 9.17) is 27.9 Å². The van der Waals surface area contributed by atoms with Crippen molar-refractivity contribution in [3.63, 3.8) is 0 Å². The number of hydrogen-bond acceptors (Lipinski definition) is 3. The number of anilines is 1. The fourth-order valence-corrected chi connectivity index (χ4v) is 3.69. The molecule has 0 aliphatic rings. The summed E-state index contributed by atoms with van der Waals surface area (Å²) in [4.78, 5) is 26.7. The van der Waals surface area contributed by atoms with Crippen molar-refractivity contribution in [2.45, 2.75) is 12.8 Å². The highest BCUT2D eigenvalue weighted by Gasteiger charge is 2.22. The zero-order valence-corrected chi connectivity index (χ0v) is 18.4. The highest BCUT2D eigenvalue weighted by Crippen LogP contribution is 2.30. The predicted molar refractivity (Wildman–Crippen MR) is 122 cm³/mol. The lowest BCUT2D eigenvalue weighted by atomic mass is 9.96. The van der Waals surface area contributed by atoms with Gasteiger partial charge in [-0.25, -0.2) is 0 Å². The van der Waals surface area contributed by atoms with Crippen LogP contribution in [0.2, 0.25) is 10.0 Å². The minimum Gasteiger partial charge on any atom is -0.497 e. The number of hydrogen-bond donors (Lipinski definition) is 1. The summed E-state index contributed by atoms with van der Waals surface area (Å²) in [6, 6.07) is 16.6. The average Bonchev–Trinajstić information content (AvgIpc) is 2.74. The Morgan fingerprint density at radius 1 is 1.03 bits per heavy atom. The summed E-state index contributed by atoms with van der Waals surface area (Å²) in [5.74, 6) is -0.163. The van der Waals surface area contributed by atoms with Gasteiger partial charge in [-0.2, -0.15) is 0 Å². The summed E-state index contributed by atoms with van der Waals surface area (Å²) in [5.41, 5.74) is 1.21. The van der Waals surface area contributed by atoms with Crippen molar-refractivity contribution < 1.29 is 14.3 Å². The first-order valence-corrected chi connectivity index (χ1v) is 10.1. The molecule has 0 aliphatic carbocycles. The smallest absolute Gasteiger partial charge is 0.244 e. The Labute approximate surface area is 185 Å². The maximum absolute atomic E-state index is 12.9. The number of carbonyl (C=O) groups excluding carboxylic acids is 2. The molecule has 0 aromatic heterocycles. The summed E-state index contributed by atoms with van der Waals surface area (Å²) in [7, 11) is 3.22. The molecule has 3 aromatic rings. The Hall–Kier alpha value is -2.76. The quantitative estimate of drug-likeness (QED) is 0.556. The molecule has 0 aliphatic heterocycles. The third-order valence-electron chi connectivity index (χ3n) is 4.93. The van der Waals surface area contributed by atoms with Gasteiger partial charge in [0.05, 0.1) is 35.3 Å². The van der Waals surface area contributed by atoms with Crippen molar-refractivity contribution in [3.8, 4) is 5.75 Å². The van der Waals surface area contributed by atoms with Crippen LogP contribution < -0.4 is 10.1 Å². The van der Waals surface area contributed by atoms with E-state index in [-0.39, 0.29) is 18.4 Å². The molecule has 1 N–H and O–H groups in total. The van der Waals surface area contributed by atoms with Crippen molar-refractivity contribution >= 4 is 51.5 Å². The molecule has 3 aromatic carbocycles. The van der Waals surface area contributed by atoms with Crippen LogP contribution in [0, 0.1) is 0 Å². The van der Waals surface area contributed by atoms with Crippen LogP contribution in [-0.4, -0.2) is 37.4 Å². The van der Waals surface area contributed by atoms with Crippen LogP contribution in [0.5, 0.6) is 5.75 Å². The summed E-state index contributed by atoms with van der Waals surface area (Å²) in [5, 5.41) is 5.39. The number of ether oxygens (including phenoxy) is 1. The van der Waals surface area contributed by atoms with Gasteiger partial charge in [0.25, 0.3) is 0 Å². The number of benzene rings is 3. The molecule has 0 radical (unpaired) electrons. The molecule has 0 bridgehead atoms. The van der Waals surface area contributed by atoms with Gasteiger partial charge < -0.3 is 15.0 Å². The van der Waals surface area contributed by atoms with Crippen molar-refractivity contribution in [1.29, 1.82) is 0 Å². The molecule has 0 saturated carbocycles. The molecule has 5 nitrogen and oxygen atoms in total. The van der Waals surface area contributed by atoms with Gasteiger partial charge in [-0.15, -0.1) is 0 Å². The molecule has 0 unspecified atom stereocenters. The topological polar surface area (TPSA) is 58.6 Å². The number of carbonyl (C=O) groups is 2. The Kier molecular flexibility index (Phi) is 6.85. The van der Waals surface area contributed by atoms with Crippen molar-refractivity contribution in [3.05, 3.63) is 70.2 Å². The van der Waals surface area contributed by atoms with Gasteiger partial charge in [0.2, 0.25) is 11.8 Å². The summed E-state index contributed by atoms with van der Waals surface area (Å²) >= 11 is 12.2. The molecule has 0 spiro atoms. The first-order chi connectivity index (χ1) is 14.3. The largest absolute Gasteiger partial charge is 0.497 e. The molecule has 0 saturated heterocycles. The normalized spacial score (nSPS) is 11.8. The van der Waals surface area contributed by atoms with E-state index in [9.17, 15) is 9.59 Å². The number of amides is 2. The third-order valence-corrected chi connectivity index (χ3v) is 5.56. The molecular formula is C23H22Cl2N2O3. The summed E-state index contributed by atoms with van der Waals surface area (Å²) in [6.07, 6.45) is 0. The molecule has 30 heavy (non-hydrogen) atoms. The maximum atomic E-state index is 12.9. The summed E-state index contributed by atoms with van der Waals surface area (Å²) in [6.45, 7) is 1.71. The van der Waals surface area contributed by atoms with E-state index < -0.39 is 5.92 Å². The number of para-hydroxylation sites is 1. The van der Waals surface area contributed by atoms with E-state index in [1.807, 2.05) is 43.3 Å². The van der Waals surface area contributed by atoms with Crippen LogP contribution in [0.15, 0.2) is 54.6 Å². The lowest BCUT2D eigenvalue weighted by Crippen LogP contribution is -2.37. The Balaban J connectivity index is 1.69. The number of nitrogens with one attached hydrogen (secondary N) is 1. The van der Waals surface area contributed by atoms with Crippen molar-refractivity contribution in [2.24, 2.45) is 0 Å².